The molecule has 230 valence electrons. The number of carbonyl (C=O) groups excluding carboxylic acids is 2. The van der Waals surface area contributed by atoms with E-state index >= 15 is 0 Å². The van der Waals surface area contributed by atoms with Crippen molar-refractivity contribution in [2.45, 2.75) is 87.4 Å². The molecule has 8 N–H and O–H groups in total. The zero-order chi connectivity index (χ0) is 30.6. The molecule has 16 heteroatoms. The van der Waals surface area contributed by atoms with E-state index < -0.39 is 68.5 Å². The lowest BCUT2D eigenvalue weighted by atomic mass is 9.82. The highest BCUT2D eigenvalue weighted by Gasteiger charge is 2.64. The van der Waals surface area contributed by atoms with Gasteiger partial charge in [-0.3, -0.25) is 14.3 Å². The summed E-state index contributed by atoms with van der Waals surface area (Å²) in [5.41, 5.74) is 0.0295. The Labute approximate surface area is 242 Å². The molecule has 0 radical (unpaired) electrons. The zero-order valence-electron chi connectivity index (χ0n) is 23.4. The van der Waals surface area contributed by atoms with Crippen molar-refractivity contribution < 1.29 is 49.4 Å². The Hall–Kier alpha value is -2.80. The van der Waals surface area contributed by atoms with Crippen molar-refractivity contribution in [3.8, 4) is 0 Å². The number of aliphatic hydroxyl groups excluding tert-OH is 5. The zero-order valence-corrected chi connectivity index (χ0v) is 24.4. The van der Waals surface area contributed by atoms with Gasteiger partial charge in [0.05, 0.1) is 11.8 Å². The van der Waals surface area contributed by atoms with Gasteiger partial charge in [-0.2, -0.15) is 0 Å². The summed E-state index contributed by atoms with van der Waals surface area (Å²) < 4.78 is 13.3. The van der Waals surface area contributed by atoms with Gasteiger partial charge in [-0.25, -0.2) is 0 Å². The fourth-order valence-corrected chi connectivity index (χ4v) is 9.07. The van der Waals surface area contributed by atoms with Crippen LogP contribution in [-0.4, -0.2) is 109 Å². The Morgan fingerprint density at radius 2 is 1.93 bits per heavy atom. The molecule has 2 saturated heterocycles. The Bertz CT molecular complexity index is 1340. The van der Waals surface area contributed by atoms with Crippen LogP contribution in [0, 0.1) is 5.92 Å². The average Bonchev–Trinajstić information content (AvgIpc) is 3.58. The first-order valence-corrected chi connectivity index (χ1v) is 16.8. The molecule has 2 fully saturated rings. The van der Waals surface area contributed by atoms with Crippen molar-refractivity contribution in [3.05, 3.63) is 35.7 Å². The number of nitrogens with zero attached hydrogens (tertiary/aromatic N) is 3. The van der Waals surface area contributed by atoms with Gasteiger partial charge < -0.3 is 50.4 Å². The van der Waals surface area contributed by atoms with Gasteiger partial charge in [0, 0.05) is 54.2 Å². The van der Waals surface area contributed by atoms with Crippen molar-refractivity contribution in [1.82, 2.24) is 15.0 Å². The molecule has 0 unspecified atom stereocenters. The number of amides is 2. The first-order valence-electron chi connectivity index (χ1n) is 13.8. The molecule has 2 aromatic rings. The van der Waals surface area contributed by atoms with Gasteiger partial charge in [-0.1, -0.05) is 12.1 Å². The third-order valence-corrected chi connectivity index (χ3v) is 11.0. The van der Waals surface area contributed by atoms with Crippen molar-refractivity contribution in [1.29, 1.82) is 0 Å². The lowest BCUT2D eigenvalue weighted by Gasteiger charge is -2.37. The number of fused-ring (bicyclic) bond motifs is 2. The molecule has 3 aliphatic rings. The van der Waals surface area contributed by atoms with E-state index in [0.717, 1.165) is 0 Å². The van der Waals surface area contributed by atoms with Crippen LogP contribution in [0.1, 0.15) is 24.6 Å². The number of carbonyl (C=O) groups is 2. The monoisotopic (exact) mass is 607 g/mol. The van der Waals surface area contributed by atoms with E-state index in [2.05, 4.69) is 20.9 Å². The van der Waals surface area contributed by atoms with Crippen LogP contribution in [0.5, 0.6) is 0 Å². The van der Waals surface area contributed by atoms with Crippen molar-refractivity contribution in [2.75, 3.05) is 17.2 Å². The normalized spacial score (nSPS) is 34.5. The number of hydrogen-bond donors (Lipinski definition) is 8. The smallest absolute Gasteiger partial charge is 0.261 e. The summed E-state index contributed by atoms with van der Waals surface area (Å²) in [5, 5.41) is 62.4. The number of anilines is 2. The lowest BCUT2D eigenvalue weighted by molar-refractivity contribution is -0.274. The quantitative estimate of drug-likeness (QED) is 0.159. The highest BCUT2D eigenvalue weighted by atomic mass is 28.4. The predicted octanol–water partition coefficient (Wildman–Crippen LogP) is -1.61. The third-order valence-electron chi connectivity index (χ3n) is 8.45. The molecule has 15 nitrogen and oxygen atoms in total. The number of rotatable bonds is 8. The maximum Gasteiger partial charge on any atom is 0.261 e. The van der Waals surface area contributed by atoms with Gasteiger partial charge in [0.25, 0.3) is 11.8 Å². The van der Waals surface area contributed by atoms with E-state index in [0.29, 0.717) is 36.3 Å². The number of aromatic nitrogens is 3. The largest absolute Gasteiger partial charge is 0.432 e. The van der Waals surface area contributed by atoms with Crippen LogP contribution in [0.15, 0.2) is 24.4 Å². The summed E-state index contributed by atoms with van der Waals surface area (Å²) in [4.78, 5) is 37.9. The van der Waals surface area contributed by atoms with Crippen LogP contribution < -0.4 is 10.6 Å². The van der Waals surface area contributed by atoms with Crippen LogP contribution in [-0.2, 0) is 37.6 Å². The molecule has 5 rings (SSSR count). The van der Waals surface area contributed by atoms with E-state index in [-0.39, 0.29) is 17.8 Å². The van der Waals surface area contributed by atoms with Gasteiger partial charge in [0.2, 0.25) is 0 Å². The fraction of sp³-hybridized carbons (Fsp3) is 0.615. The summed E-state index contributed by atoms with van der Waals surface area (Å²) >= 11 is 0. The van der Waals surface area contributed by atoms with Gasteiger partial charge in [-0.15, -0.1) is 5.10 Å². The summed E-state index contributed by atoms with van der Waals surface area (Å²) in [5.74, 6) is -1.72. The van der Waals surface area contributed by atoms with E-state index in [4.69, 9.17) is 14.6 Å². The number of aliphatic hydroxyl groups is 5. The highest BCUT2D eigenvalue weighted by molar-refractivity contribution is 6.71. The molecule has 0 aliphatic carbocycles. The summed E-state index contributed by atoms with van der Waals surface area (Å²) in [6, 6.07) is 4.70. The average molecular weight is 608 g/mol. The minimum atomic E-state index is -2.89. The SMILES string of the molecule is C[C@H]1[C@H]([Si](C)(C)O)[C@@H](CCn2cc(CCO)nn2)O[C@]12C(=O)Nc1ccc(NC(=O)[C@H]3O[C@@H](O)[C@H](O)[C@@H](O)[C@@H]3O)cc12. The Balaban J connectivity index is 1.40. The number of nitrogens with one attached hydrogen (secondary N) is 2. The molecule has 42 heavy (non-hydrogen) atoms. The van der Waals surface area contributed by atoms with Crippen LogP contribution >= 0.6 is 0 Å². The molecule has 1 aromatic heterocycles. The number of ether oxygens (including phenoxy) is 2. The molecule has 0 bridgehead atoms. The highest BCUT2D eigenvalue weighted by Crippen LogP contribution is 2.58. The molecule has 0 saturated carbocycles. The molecular formula is C26H37N5O10Si. The first-order chi connectivity index (χ1) is 19.8. The van der Waals surface area contributed by atoms with Crippen LogP contribution in [0.3, 0.4) is 0 Å². The number of benzene rings is 1. The summed E-state index contributed by atoms with van der Waals surface area (Å²) in [6.45, 7) is 5.84. The Kier molecular flexibility index (Phi) is 8.29. The number of aryl methyl sites for hydroxylation is 1. The molecule has 2 amide bonds. The Morgan fingerprint density at radius 1 is 1.19 bits per heavy atom. The molecule has 1 spiro atoms. The van der Waals surface area contributed by atoms with Crippen molar-refractivity contribution in [2.24, 2.45) is 5.92 Å². The van der Waals surface area contributed by atoms with Gasteiger partial charge in [-0.05, 0) is 37.7 Å². The van der Waals surface area contributed by atoms with E-state index in [1.165, 1.54) is 6.07 Å². The van der Waals surface area contributed by atoms with E-state index in [1.807, 2.05) is 6.92 Å². The first kappa shape index (κ1) is 30.6. The maximum atomic E-state index is 13.6. The number of hydrogen-bond acceptors (Lipinski definition) is 12. The summed E-state index contributed by atoms with van der Waals surface area (Å²) in [6.07, 6.45) is -6.90. The molecular weight excluding hydrogens is 570 g/mol. The van der Waals surface area contributed by atoms with Crippen LogP contribution in [0.2, 0.25) is 18.6 Å². The molecule has 3 aliphatic heterocycles. The van der Waals surface area contributed by atoms with Gasteiger partial charge >= 0.3 is 0 Å². The fourth-order valence-electron chi connectivity index (χ4n) is 6.47. The van der Waals surface area contributed by atoms with Gasteiger partial charge in [0.1, 0.15) is 18.3 Å². The second kappa shape index (κ2) is 11.4. The Morgan fingerprint density at radius 3 is 2.62 bits per heavy atom. The van der Waals surface area contributed by atoms with Crippen LogP contribution in [0.4, 0.5) is 11.4 Å². The van der Waals surface area contributed by atoms with Crippen molar-refractivity contribution >= 4 is 31.5 Å². The third kappa shape index (κ3) is 5.27. The molecule has 4 heterocycles. The summed E-state index contributed by atoms with van der Waals surface area (Å²) in [7, 11) is -2.89. The standard InChI is InChI=1S/C26H37N5O10Si/c1-12-22(42(2,3)39)17(6-8-31-11-14(7-9-32)29-30-31)41-26(12)15-10-13(4-5-16(15)28-25(26)38)27-23(36)21-19(34)18(33)20(35)24(37)40-21/h4-5,10-12,17-22,24,32-35,37,39H,6-9H2,1-3H3,(H,27,36)(H,28,38)/t12-,17+,18-,19-,20+,21-,22-,24+,26+/m0/s1. The minimum Gasteiger partial charge on any atom is -0.432 e. The predicted molar refractivity (Wildman–Crippen MR) is 147 cm³/mol. The lowest BCUT2D eigenvalue weighted by Crippen LogP contribution is -2.60. The second-order valence-electron chi connectivity index (χ2n) is 11.7. The minimum absolute atomic E-state index is 0.0465. The maximum absolute atomic E-state index is 13.6. The van der Waals surface area contributed by atoms with E-state index in [1.54, 1.807) is 36.1 Å². The van der Waals surface area contributed by atoms with Gasteiger partial charge in [0.15, 0.2) is 26.3 Å². The van der Waals surface area contributed by atoms with Crippen molar-refractivity contribution in [3.63, 3.8) is 0 Å². The molecule has 1 aromatic carbocycles. The van der Waals surface area contributed by atoms with Crippen LogP contribution in [0.25, 0.3) is 0 Å². The second-order valence-corrected chi connectivity index (χ2v) is 15.7. The van der Waals surface area contributed by atoms with E-state index in [9.17, 15) is 34.8 Å². The topological polar surface area (TPSA) is 229 Å². The molecule has 9 atom stereocenters.